The van der Waals surface area contributed by atoms with Gasteiger partial charge in [-0.25, -0.2) is 29.1 Å². The fourth-order valence-electron chi connectivity index (χ4n) is 5.21. The molecule has 13 heteroatoms. The molecule has 5 atom stereocenters. The van der Waals surface area contributed by atoms with Gasteiger partial charge in [-0.15, -0.1) is 0 Å². The largest absolute Gasteiger partial charge is 0.459 e. The number of esters is 4. The number of hydrogen-bond donors (Lipinski definition) is 2. The van der Waals surface area contributed by atoms with Gasteiger partial charge in [0.15, 0.2) is 30.2 Å². The first kappa shape index (κ1) is 32.6. The zero-order valence-corrected chi connectivity index (χ0v) is 25.7. The van der Waals surface area contributed by atoms with Crippen molar-refractivity contribution in [2.75, 3.05) is 6.61 Å². The van der Waals surface area contributed by atoms with E-state index < -0.39 is 66.7 Å². The summed E-state index contributed by atoms with van der Waals surface area (Å²) in [7, 11) is 0. The van der Waals surface area contributed by atoms with E-state index in [2.05, 4.69) is 15.2 Å². The summed E-state index contributed by atoms with van der Waals surface area (Å²) in [6, 6.07) is 32.2. The average Bonchev–Trinajstić information content (AvgIpc) is 3.59. The molecule has 2 N–H and O–H groups in total. The zero-order chi connectivity index (χ0) is 34.2. The summed E-state index contributed by atoms with van der Waals surface area (Å²) in [5.41, 5.74) is 0.00115. The lowest BCUT2D eigenvalue weighted by atomic mass is 9.93. The molecular formula is C36H29N3O10. The molecule has 0 spiro atoms. The Morgan fingerprint density at radius 2 is 0.980 bits per heavy atom. The highest BCUT2D eigenvalue weighted by Crippen LogP contribution is 2.37. The first-order chi connectivity index (χ1) is 23.9. The molecule has 0 amide bonds. The molecule has 5 aromatic rings. The van der Waals surface area contributed by atoms with Crippen LogP contribution in [0.4, 0.5) is 0 Å². The second-order valence-electron chi connectivity index (χ2n) is 10.8. The molecule has 1 saturated heterocycles. The number of aromatic amines is 2. The lowest BCUT2D eigenvalue weighted by molar-refractivity contribution is -0.233. The number of hydrogen-bond acceptors (Lipinski definition) is 11. The van der Waals surface area contributed by atoms with Gasteiger partial charge in [0.2, 0.25) is 0 Å². The van der Waals surface area contributed by atoms with Crippen LogP contribution in [0.1, 0.15) is 53.4 Å². The third-order valence-corrected chi connectivity index (χ3v) is 7.57. The summed E-state index contributed by atoms with van der Waals surface area (Å²) in [5, 5.41) is 6.23. The van der Waals surface area contributed by atoms with E-state index >= 15 is 0 Å². The molecule has 0 aliphatic carbocycles. The molecule has 2 heterocycles. The van der Waals surface area contributed by atoms with E-state index in [9.17, 15) is 24.0 Å². The number of nitrogens with zero attached hydrogens (tertiary/aromatic N) is 1. The van der Waals surface area contributed by atoms with Crippen LogP contribution in [0, 0.1) is 0 Å². The third kappa shape index (κ3) is 7.80. The van der Waals surface area contributed by atoms with Crippen molar-refractivity contribution in [3.8, 4) is 0 Å². The molecule has 1 aliphatic rings. The monoisotopic (exact) mass is 663 g/mol. The van der Waals surface area contributed by atoms with Crippen LogP contribution in [0.25, 0.3) is 0 Å². The predicted octanol–water partition coefficient (Wildman–Crippen LogP) is 4.07. The molecule has 0 unspecified atom stereocenters. The molecule has 0 radical (unpaired) electrons. The van der Waals surface area contributed by atoms with E-state index in [1.54, 1.807) is 84.9 Å². The minimum Gasteiger partial charge on any atom is -0.459 e. The van der Waals surface area contributed by atoms with E-state index in [0.29, 0.717) is 0 Å². The van der Waals surface area contributed by atoms with Crippen LogP contribution in [0.5, 0.6) is 0 Å². The van der Waals surface area contributed by atoms with Gasteiger partial charge in [0.25, 0.3) is 0 Å². The lowest BCUT2D eigenvalue weighted by Crippen LogP contribution is -2.60. The second kappa shape index (κ2) is 15.0. The number of ether oxygens (including phenoxy) is 5. The highest BCUT2D eigenvalue weighted by Gasteiger charge is 2.54. The van der Waals surface area contributed by atoms with Crippen molar-refractivity contribution in [1.82, 2.24) is 15.2 Å². The van der Waals surface area contributed by atoms with Crippen molar-refractivity contribution in [3.63, 3.8) is 0 Å². The van der Waals surface area contributed by atoms with Crippen LogP contribution in [0.15, 0.2) is 126 Å². The second-order valence-corrected chi connectivity index (χ2v) is 10.8. The Labute approximate surface area is 278 Å². The molecule has 6 rings (SSSR count). The van der Waals surface area contributed by atoms with Gasteiger partial charge < -0.3 is 23.7 Å². The van der Waals surface area contributed by atoms with Crippen LogP contribution in [0.3, 0.4) is 0 Å². The van der Waals surface area contributed by atoms with Crippen molar-refractivity contribution in [1.29, 1.82) is 0 Å². The molecule has 1 aromatic heterocycles. The maximum absolute atomic E-state index is 13.6. The quantitative estimate of drug-likeness (QED) is 0.163. The standard InChI is InChI=1S/C36H29N3O10/c40-32(22-13-5-1-6-14-22)45-21-26-27(47-33(41)23-15-7-2-8-16-23)28(48-34(42)24-17-9-3-10-18-24)29(30(46-26)31-37-36(44)39-38-31)49-35(43)25-19-11-4-12-20-25/h1-20,26-30H,21H2,(H2,37,38,39,44)/t26-,27-,28+,29-,30-/m1/s1. The smallest absolute Gasteiger partial charge is 0.340 e. The molecule has 49 heavy (non-hydrogen) atoms. The normalized spacial score (nSPS) is 20.0. The fraction of sp³-hybridized carbons (Fsp3) is 0.167. The molecule has 13 nitrogen and oxygen atoms in total. The van der Waals surface area contributed by atoms with Crippen LogP contribution >= 0.6 is 0 Å². The lowest BCUT2D eigenvalue weighted by Gasteiger charge is -2.44. The molecule has 248 valence electrons. The van der Waals surface area contributed by atoms with Crippen LogP contribution < -0.4 is 5.69 Å². The van der Waals surface area contributed by atoms with Gasteiger partial charge in [0.05, 0.1) is 22.3 Å². The summed E-state index contributed by atoms with van der Waals surface area (Å²) < 4.78 is 29.8. The molecule has 0 bridgehead atoms. The van der Waals surface area contributed by atoms with Crippen molar-refractivity contribution in [2.45, 2.75) is 30.5 Å². The van der Waals surface area contributed by atoms with Gasteiger partial charge in [-0.3, -0.25) is 4.98 Å². The fourth-order valence-corrected chi connectivity index (χ4v) is 5.21. The SMILES string of the molecule is O=C(OC[C@H]1O[C@@H](c2n[nH]c(=O)[nH]2)[C@H](OC(=O)c2ccccc2)[C@@H](OC(=O)c2ccccc2)[C@@H]1OC(=O)c1ccccc1)c1ccccc1. The first-order valence-electron chi connectivity index (χ1n) is 15.2. The van der Waals surface area contributed by atoms with Crippen molar-refractivity contribution < 1.29 is 42.9 Å². The Hall–Kier alpha value is -6.34. The maximum atomic E-state index is 13.6. The Morgan fingerprint density at radius 3 is 1.41 bits per heavy atom. The van der Waals surface area contributed by atoms with Crippen LogP contribution in [-0.4, -0.2) is 70.1 Å². The molecule has 4 aromatic carbocycles. The van der Waals surface area contributed by atoms with Crippen molar-refractivity contribution in [2.24, 2.45) is 0 Å². The van der Waals surface area contributed by atoms with Crippen LogP contribution in [0.2, 0.25) is 0 Å². The number of carbonyl (C=O) groups is 4. The number of H-pyrrole nitrogens is 2. The summed E-state index contributed by atoms with van der Waals surface area (Å²) in [6.07, 6.45) is -7.38. The molecule has 0 saturated carbocycles. The van der Waals surface area contributed by atoms with E-state index in [-0.39, 0.29) is 28.1 Å². The van der Waals surface area contributed by atoms with Crippen molar-refractivity contribution in [3.05, 3.63) is 160 Å². The van der Waals surface area contributed by atoms with Gasteiger partial charge in [-0.1, -0.05) is 72.8 Å². The van der Waals surface area contributed by atoms with Gasteiger partial charge >= 0.3 is 29.6 Å². The van der Waals surface area contributed by atoms with E-state index in [1.807, 2.05) is 0 Å². The number of benzene rings is 4. The van der Waals surface area contributed by atoms with E-state index in [0.717, 1.165) is 0 Å². The average molecular weight is 664 g/mol. The third-order valence-electron chi connectivity index (χ3n) is 7.57. The number of aromatic nitrogens is 3. The summed E-state index contributed by atoms with van der Waals surface area (Å²) in [6.45, 7) is -0.510. The predicted molar refractivity (Wildman–Crippen MR) is 170 cm³/mol. The van der Waals surface area contributed by atoms with Gasteiger partial charge in [0.1, 0.15) is 12.7 Å². The summed E-state index contributed by atoms with van der Waals surface area (Å²) in [4.78, 5) is 68.3. The first-order valence-corrected chi connectivity index (χ1v) is 15.2. The van der Waals surface area contributed by atoms with Gasteiger partial charge in [-0.05, 0) is 48.5 Å². The summed E-state index contributed by atoms with van der Waals surface area (Å²) >= 11 is 0. The molecule has 1 aliphatic heterocycles. The highest BCUT2D eigenvalue weighted by molar-refractivity contribution is 5.91. The zero-order valence-electron chi connectivity index (χ0n) is 25.7. The Bertz CT molecular complexity index is 1950. The van der Waals surface area contributed by atoms with Crippen LogP contribution in [-0.2, 0) is 23.7 Å². The Morgan fingerprint density at radius 1 is 0.571 bits per heavy atom. The molecular weight excluding hydrogens is 634 g/mol. The minimum absolute atomic E-state index is 0.121. The highest BCUT2D eigenvalue weighted by atomic mass is 16.7. The van der Waals surface area contributed by atoms with Gasteiger partial charge in [0, 0.05) is 0 Å². The summed E-state index contributed by atoms with van der Waals surface area (Å²) in [5.74, 6) is -3.33. The topological polar surface area (TPSA) is 176 Å². The van der Waals surface area contributed by atoms with Gasteiger partial charge in [-0.2, -0.15) is 5.10 Å². The maximum Gasteiger partial charge on any atom is 0.340 e. The van der Waals surface area contributed by atoms with E-state index in [4.69, 9.17) is 23.7 Å². The minimum atomic E-state index is -1.58. The number of nitrogens with one attached hydrogen (secondary N) is 2. The van der Waals surface area contributed by atoms with Crippen molar-refractivity contribution >= 4 is 23.9 Å². The van der Waals surface area contributed by atoms with E-state index in [1.165, 1.54) is 36.4 Å². The number of carbonyl (C=O) groups excluding carboxylic acids is 4. The Kier molecular flexibility index (Phi) is 10.0. The molecule has 1 fully saturated rings. The Balaban J connectivity index is 1.42. The number of rotatable bonds is 10.